The Morgan fingerprint density at radius 2 is 1.94 bits per heavy atom. The molecular weight excluding hydrogens is 301 g/mol. The molecule has 1 nitrogen and oxygen atoms in total. The van der Waals surface area contributed by atoms with Crippen molar-refractivity contribution in [3.05, 3.63) is 58.3 Å². The molecule has 2 rings (SSSR count). The van der Waals surface area contributed by atoms with Crippen molar-refractivity contribution in [1.29, 1.82) is 0 Å². The quantitative estimate of drug-likeness (QED) is 0.669. The highest BCUT2D eigenvalue weighted by atomic mass is 79.9. The maximum absolute atomic E-state index is 13.5. The number of hydrogen-bond acceptors (Lipinski definition) is 2. The van der Waals surface area contributed by atoms with Crippen LogP contribution in [-0.2, 0) is 5.75 Å². The minimum Gasteiger partial charge on any atom is -0.398 e. The SMILES string of the molecule is Nc1cccc(F)c1CSc1cccc(Br)c1. The second-order valence-corrected chi connectivity index (χ2v) is 5.52. The van der Waals surface area contributed by atoms with Crippen molar-refractivity contribution < 1.29 is 4.39 Å². The van der Waals surface area contributed by atoms with Gasteiger partial charge in [-0.15, -0.1) is 11.8 Å². The van der Waals surface area contributed by atoms with Gasteiger partial charge in [-0.05, 0) is 30.3 Å². The van der Waals surface area contributed by atoms with Gasteiger partial charge in [0.15, 0.2) is 0 Å². The molecule has 0 atom stereocenters. The number of anilines is 1. The van der Waals surface area contributed by atoms with E-state index < -0.39 is 0 Å². The lowest BCUT2D eigenvalue weighted by molar-refractivity contribution is 0.618. The Morgan fingerprint density at radius 3 is 2.65 bits per heavy atom. The van der Waals surface area contributed by atoms with E-state index in [0.717, 1.165) is 9.37 Å². The summed E-state index contributed by atoms with van der Waals surface area (Å²) in [6.45, 7) is 0. The van der Waals surface area contributed by atoms with Gasteiger partial charge < -0.3 is 5.73 Å². The number of hydrogen-bond donors (Lipinski definition) is 1. The molecule has 4 heteroatoms. The standard InChI is InChI=1S/C13H11BrFNS/c14-9-3-1-4-10(7-9)17-8-11-12(15)5-2-6-13(11)16/h1-7H,8,16H2. The minimum atomic E-state index is -0.243. The van der Waals surface area contributed by atoms with Gasteiger partial charge in [0.2, 0.25) is 0 Å². The monoisotopic (exact) mass is 311 g/mol. The zero-order valence-electron chi connectivity index (χ0n) is 8.99. The van der Waals surface area contributed by atoms with Gasteiger partial charge in [0, 0.05) is 26.4 Å². The highest BCUT2D eigenvalue weighted by Crippen LogP contribution is 2.28. The average molecular weight is 312 g/mol. The third kappa shape index (κ3) is 3.23. The van der Waals surface area contributed by atoms with E-state index in [1.54, 1.807) is 23.9 Å². The Kier molecular flexibility index (Phi) is 4.07. The van der Waals surface area contributed by atoms with E-state index in [2.05, 4.69) is 15.9 Å². The van der Waals surface area contributed by atoms with E-state index >= 15 is 0 Å². The minimum absolute atomic E-state index is 0.243. The fourth-order valence-corrected chi connectivity index (χ4v) is 2.99. The third-order valence-electron chi connectivity index (χ3n) is 2.33. The van der Waals surface area contributed by atoms with Crippen molar-refractivity contribution in [3.8, 4) is 0 Å². The largest absolute Gasteiger partial charge is 0.398 e. The molecule has 0 amide bonds. The molecule has 0 aromatic heterocycles. The molecule has 0 radical (unpaired) electrons. The van der Waals surface area contributed by atoms with Crippen LogP contribution in [0.1, 0.15) is 5.56 Å². The predicted molar refractivity (Wildman–Crippen MR) is 74.5 cm³/mol. The molecule has 2 N–H and O–H groups in total. The van der Waals surface area contributed by atoms with E-state index in [1.807, 2.05) is 24.3 Å². The lowest BCUT2D eigenvalue weighted by Gasteiger charge is -2.06. The molecule has 0 bridgehead atoms. The Hall–Kier alpha value is -1.00. The lowest BCUT2D eigenvalue weighted by Crippen LogP contribution is -1.96. The van der Waals surface area contributed by atoms with E-state index in [1.165, 1.54) is 6.07 Å². The second-order valence-electron chi connectivity index (χ2n) is 3.55. The summed E-state index contributed by atoms with van der Waals surface area (Å²) in [4.78, 5) is 1.09. The number of thioether (sulfide) groups is 1. The Morgan fingerprint density at radius 1 is 1.18 bits per heavy atom. The molecule has 0 aliphatic carbocycles. The molecular formula is C13H11BrFNS. The van der Waals surface area contributed by atoms with Gasteiger partial charge in [-0.3, -0.25) is 0 Å². The summed E-state index contributed by atoms with van der Waals surface area (Å²) >= 11 is 4.97. The molecule has 0 aliphatic rings. The van der Waals surface area contributed by atoms with Crippen LogP contribution in [0.25, 0.3) is 0 Å². The summed E-state index contributed by atoms with van der Waals surface area (Å²) in [5.41, 5.74) is 6.83. The van der Waals surface area contributed by atoms with E-state index in [0.29, 0.717) is 17.0 Å². The molecule has 0 saturated heterocycles. The Labute approximate surface area is 112 Å². The van der Waals surface area contributed by atoms with Crippen molar-refractivity contribution in [2.24, 2.45) is 0 Å². The predicted octanol–water partition coefficient (Wildman–Crippen LogP) is 4.46. The Bertz CT molecular complexity index is 510. The fourth-order valence-electron chi connectivity index (χ4n) is 1.44. The highest BCUT2D eigenvalue weighted by Gasteiger charge is 2.06. The average Bonchev–Trinajstić information content (AvgIpc) is 2.28. The maximum atomic E-state index is 13.5. The van der Waals surface area contributed by atoms with Crippen LogP contribution in [0.5, 0.6) is 0 Å². The first kappa shape index (κ1) is 12.5. The summed E-state index contributed by atoms with van der Waals surface area (Å²) in [6, 6.07) is 12.7. The summed E-state index contributed by atoms with van der Waals surface area (Å²) in [6.07, 6.45) is 0. The van der Waals surface area contributed by atoms with Crippen LogP contribution >= 0.6 is 27.7 Å². The van der Waals surface area contributed by atoms with Crippen molar-refractivity contribution in [2.45, 2.75) is 10.6 Å². The smallest absolute Gasteiger partial charge is 0.129 e. The first-order chi connectivity index (χ1) is 8.16. The summed E-state index contributed by atoms with van der Waals surface area (Å²) in [5, 5.41) is 0. The van der Waals surface area contributed by atoms with Gasteiger partial charge in [-0.25, -0.2) is 4.39 Å². The van der Waals surface area contributed by atoms with E-state index in [-0.39, 0.29) is 5.82 Å². The third-order valence-corrected chi connectivity index (χ3v) is 3.85. The first-order valence-electron chi connectivity index (χ1n) is 5.08. The van der Waals surface area contributed by atoms with Crippen LogP contribution in [0.4, 0.5) is 10.1 Å². The van der Waals surface area contributed by atoms with Crippen molar-refractivity contribution in [3.63, 3.8) is 0 Å². The van der Waals surface area contributed by atoms with Crippen LogP contribution in [0.15, 0.2) is 51.8 Å². The lowest BCUT2D eigenvalue weighted by atomic mass is 10.2. The van der Waals surface area contributed by atoms with Crippen LogP contribution in [-0.4, -0.2) is 0 Å². The zero-order valence-corrected chi connectivity index (χ0v) is 11.4. The molecule has 0 heterocycles. The number of benzene rings is 2. The number of rotatable bonds is 3. The van der Waals surface area contributed by atoms with E-state index in [9.17, 15) is 4.39 Å². The van der Waals surface area contributed by atoms with Crippen LogP contribution in [0.3, 0.4) is 0 Å². The van der Waals surface area contributed by atoms with E-state index in [4.69, 9.17) is 5.73 Å². The first-order valence-corrected chi connectivity index (χ1v) is 6.86. The molecule has 0 aliphatic heterocycles. The van der Waals surface area contributed by atoms with Gasteiger partial charge >= 0.3 is 0 Å². The number of halogens is 2. The van der Waals surface area contributed by atoms with Crippen molar-refractivity contribution in [2.75, 3.05) is 5.73 Å². The van der Waals surface area contributed by atoms with Crippen molar-refractivity contribution in [1.82, 2.24) is 0 Å². The molecule has 2 aromatic rings. The van der Waals surface area contributed by atoms with Crippen LogP contribution < -0.4 is 5.73 Å². The molecule has 2 aromatic carbocycles. The number of nitrogen functional groups attached to an aromatic ring is 1. The van der Waals surface area contributed by atoms with Gasteiger partial charge in [0.05, 0.1) is 0 Å². The fraction of sp³-hybridized carbons (Fsp3) is 0.0769. The van der Waals surface area contributed by atoms with Gasteiger partial charge in [-0.1, -0.05) is 28.1 Å². The molecule has 17 heavy (non-hydrogen) atoms. The van der Waals surface area contributed by atoms with Crippen LogP contribution in [0, 0.1) is 5.82 Å². The van der Waals surface area contributed by atoms with Gasteiger partial charge in [0.1, 0.15) is 5.82 Å². The normalized spacial score (nSPS) is 10.5. The maximum Gasteiger partial charge on any atom is 0.129 e. The molecule has 88 valence electrons. The van der Waals surface area contributed by atoms with Gasteiger partial charge in [-0.2, -0.15) is 0 Å². The van der Waals surface area contributed by atoms with Gasteiger partial charge in [0.25, 0.3) is 0 Å². The van der Waals surface area contributed by atoms with Crippen molar-refractivity contribution >= 4 is 33.4 Å². The molecule has 0 saturated carbocycles. The molecule has 0 fully saturated rings. The molecule has 0 unspecified atom stereocenters. The topological polar surface area (TPSA) is 26.0 Å². The highest BCUT2D eigenvalue weighted by molar-refractivity contribution is 9.10. The summed E-state index contributed by atoms with van der Waals surface area (Å²) in [7, 11) is 0. The number of nitrogens with two attached hydrogens (primary N) is 1. The summed E-state index contributed by atoms with van der Waals surface area (Å²) in [5.74, 6) is 0.294. The molecule has 0 spiro atoms. The zero-order chi connectivity index (χ0) is 12.3. The Balaban J connectivity index is 2.13. The van der Waals surface area contributed by atoms with Crippen LogP contribution in [0.2, 0.25) is 0 Å². The summed E-state index contributed by atoms with van der Waals surface area (Å²) < 4.78 is 14.5. The second kappa shape index (κ2) is 5.56.